The van der Waals surface area contributed by atoms with Crippen LogP contribution in [-0.4, -0.2) is 72.6 Å². The minimum absolute atomic E-state index is 0.0369. The van der Waals surface area contributed by atoms with Gasteiger partial charge in [0.05, 0.1) is 24.0 Å². The zero-order valence-electron chi connectivity index (χ0n) is 14.1. The molecular formula is C15H24N4O4. The first-order valence-electron chi connectivity index (χ1n) is 7.60. The van der Waals surface area contributed by atoms with E-state index in [0.29, 0.717) is 37.5 Å². The normalized spacial score (nSPS) is 18.3. The Morgan fingerprint density at radius 2 is 2.22 bits per heavy atom. The van der Waals surface area contributed by atoms with Crippen LogP contribution in [0.4, 0.5) is 0 Å². The van der Waals surface area contributed by atoms with Crippen LogP contribution >= 0.6 is 0 Å². The van der Waals surface area contributed by atoms with E-state index in [2.05, 4.69) is 10.4 Å². The molecule has 0 aromatic carbocycles. The summed E-state index contributed by atoms with van der Waals surface area (Å²) in [7, 11) is 3.41. The highest BCUT2D eigenvalue weighted by atomic mass is 16.5. The van der Waals surface area contributed by atoms with Gasteiger partial charge in [0.2, 0.25) is 5.91 Å². The van der Waals surface area contributed by atoms with Crippen molar-refractivity contribution in [3.8, 4) is 0 Å². The second-order valence-corrected chi connectivity index (χ2v) is 5.65. The topological polar surface area (TPSA) is 85.7 Å². The molecule has 1 aliphatic rings. The molecule has 128 valence electrons. The summed E-state index contributed by atoms with van der Waals surface area (Å²) in [4.78, 5) is 25.8. The SMILES string of the molecule is COCCN1CC(CNC(=O)c2c(C)nn(C)c2C)OCC1=O. The van der Waals surface area contributed by atoms with Crippen LogP contribution in [0.25, 0.3) is 0 Å². The number of amides is 2. The van der Waals surface area contributed by atoms with E-state index in [1.54, 1.807) is 16.7 Å². The molecule has 1 saturated heterocycles. The summed E-state index contributed by atoms with van der Waals surface area (Å²) in [5.74, 6) is -0.222. The van der Waals surface area contributed by atoms with Crippen LogP contribution in [-0.2, 0) is 21.3 Å². The van der Waals surface area contributed by atoms with E-state index < -0.39 is 0 Å². The molecule has 8 nitrogen and oxygen atoms in total. The minimum Gasteiger partial charge on any atom is -0.383 e. The average molecular weight is 324 g/mol. The van der Waals surface area contributed by atoms with Crippen LogP contribution in [0.2, 0.25) is 0 Å². The largest absolute Gasteiger partial charge is 0.383 e. The molecule has 2 amide bonds. The first kappa shape index (κ1) is 17.4. The molecule has 1 fully saturated rings. The van der Waals surface area contributed by atoms with Crippen molar-refractivity contribution in [2.75, 3.05) is 40.0 Å². The van der Waals surface area contributed by atoms with Crippen LogP contribution in [0.1, 0.15) is 21.7 Å². The van der Waals surface area contributed by atoms with E-state index in [1.807, 2.05) is 20.9 Å². The third kappa shape index (κ3) is 4.08. The van der Waals surface area contributed by atoms with Crippen LogP contribution in [0, 0.1) is 13.8 Å². The number of ether oxygens (including phenoxy) is 2. The van der Waals surface area contributed by atoms with E-state index in [-0.39, 0.29) is 24.5 Å². The second-order valence-electron chi connectivity index (χ2n) is 5.65. The van der Waals surface area contributed by atoms with Gasteiger partial charge in [0, 0.05) is 39.5 Å². The van der Waals surface area contributed by atoms with Crippen molar-refractivity contribution in [2.24, 2.45) is 7.05 Å². The number of aryl methyl sites for hydroxylation is 2. The van der Waals surface area contributed by atoms with Crippen molar-refractivity contribution in [1.82, 2.24) is 20.0 Å². The number of morpholine rings is 1. The summed E-state index contributed by atoms with van der Waals surface area (Å²) < 4.78 is 12.2. The van der Waals surface area contributed by atoms with Gasteiger partial charge in [-0.2, -0.15) is 5.10 Å². The van der Waals surface area contributed by atoms with Gasteiger partial charge in [0.1, 0.15) is 6.61 Å². The third-order valence-electron chi connectivity index (χ3n) is 4.01. The lowest BCUT2D eigenvalue weighted by Gasteiger charge is -2.32. The molecule has 23 heavy (non-hydrogen) atoms. The molecule has 2 rings (SSSR count). The van der Waals surface area contributed by atoms with Crippen molar-refractivity contribution in [2.45, 2.75) is 20.0 Å². The van der Waals surface area contributed by atoms with Crippen molar-refractivity contribution in [1.29, 1.82) is 0 Å². The van der Waals surface area contributed by atoms with Crippen molar-refractivity contribution < 1.29 is 19.1 Å². The number of methoxy groups -OCH3 is 1. The number of rotatable bonds is 6. The molecule has 0 saturated carbocycles. The van der Waals surface area contributed by atoms with Gasteiger partial charge in [0.15, 0.2) is 0 Å². The summed E-state index contributed by atoms with van der Waals surface area (Å²) >= 11 is 0. The van der Waals surface area contributed by atoms with Crippen LogP contribution in [0.3, 0.4) is 0 Å². The highest BCUT2D eigenvalue weighted by molar-refractivity contribution is 5.96. The number of carbonyl (C=O) groups is 2. The number of hydrogen-bond acceptors (Lipinski definition) is 5. The van der Waals surface area contributed by atoms with E-state index in [9.17, 15) is 9.59 Å². The predicted octanol–water partition coefficient (Wildman–Crippen LogP) is -0.359. The van der Waals surface area contributed by atoms with Crippen LogP contribution < -0.4 is 5.32 Å². The molecule has 1 aliphatic heterocycles. The molecule has 2 heterocycles. The van der Waals surface area contributed by atoms with Gasteiger partial charge in [-0.05, 0) is 13.8 Å². The Bertz CT molecular complexity index is 584. The fourth-order valence-electron chi connectivity index (χ4n) is 2.62. The smallest absolute Gasteiger partial charge is 0.255 e. The molecule has 1 unspecified atom stereocenters. The zero-order valence-corrected chi connectivity index (χ0v) is 14.1. The quantitative estimate of drug-likeness (QED) is 0.772. The van der Waals surface area contributed by atoms with Crippen LogP contribution in [0.15, 0.2) is 0 Å². The molecule has 1 atom stereocenters. The lowest BCUT2D eigenvalue weighted by Crippen LogP contribution is -2.51. The molecule has 1 N–H and O–H groups in total. The summed E-state index contributed by atoms with van der Waals surface area (Å²) in [6.45, 7) is 5.52. The number of nitrogens with one attached hydrogen (secondary N) is 1. The Morgan fingerprint density at radius 1 is 1.48 bits per heavy atom. The predicted molar refractivity (Wildman–Crippen MR) is 83.2 cm³/mol. The zero-order chi connectivity index (χ0) is 17.0. The average Bonchev–Trinajstić information content (AvgIpc) is 2.77. The highest BCUT2D eigenvalue weighted by Crippen LogP contribution is 2.12. The summed E-state index contributed by atoms with van der Waals surface area (Å²) in [5.41, 5.74) is 2.11. The molecule has 0 bridgehead atoms. The Morgan fingerprint density at radius 3 is 2.83 bits per heavy atom. The molecule has 1 aromatic heterocycles. The first-order chi connectivity index (χ1) is 10.9. The fourth-order valence-corrected chi connectivity index (χ4v) is 2.62. The van der Waals surface area contributed by atoms with Crippen LogP contribution in [0.5, 0.6) is 0 Å². The maximum Gasteiger partial charge on any atom is 0.255 e. The van der Waals surface area contributed by atoms with Gasteiger partial charge >= 0.3 is 0 Å². The minimum atomic E-state index is -0.217. The number of aromatic nitrogens is 2. The third-order valence-corrected chi connectivity index (χ3v) is 4.01. The second kappa shape index (κ2) is 7.56. The lowest BCUT2D eigenvalue weighted by molar-refractivity contribution is -0.149. The van der Waals surface area contributed by atoms with Gasteiger partial charge in [-0.15, -0.1) is 0 Å². The van der Waals surface area contributed by atoms with Gasteiger partial charge in [0.25, 0.3) is 5.91 Å². The molecule has 8 heteroatoms. The Hall–Kier alpha value is -1.93. The molecule has 0 aliphatic carbocycles. The van der Waals surface area contributed by atoms with Crippen molar-refractivity contribution >= 4 is 11.8 Å². The summed E-state index contributed by atoms with van der Waals surface area (Å²) in [6.07, 6.45) is -0.217. The summed E-state index contributed by atoms with van der Waals surface area (Å²) in [6, 6.07) is 0. The van der Waals surface area contributed by atoms with Crippen molar-refractivity contribution in [3.05, 3.63) is 17.0 Å². The van der Waals surface area contributed by atoms with Gasteiger partial charge < -0.3 is 19.7 Å². The summed E-state index contributed by atoms with van der Waals surface area (Å²) in [5, 5.41) is 7.11. The van der Waals surface area contributed by atoms with Gasteiger partial charge in [-0.3, -0.25) is 14.3 Å². The van der Waals surface area contributed by atoms with E-state index in [0.717, 1.165) is 5.69 Å². The first-order valence-corrected chi connectivity index (χ1v) is 7.60. The van der Waals surface area contributed by atoms with Crippen molar-refractivity contribution in [3.63, 3.8) is 0 Å². The van der Waals surface area contributed by atoms with Gasteiger partial charge in [-0.1, -0.05) is 0 Å². The standard InChI is InChI=1S/C15H24N4O4/c1-10-14(11(2)18(3)17-10)15(21)16-7-12-8-19(5-6-22-4)13(20)9-23-12/h12H,5-9H2,1-4H3,(H,16,21). The molecular weight excluding hydrogens is 300 g/mol. The van der Waals surface area contributed by atoms with Gasteiger partial charge in [-0.25, -0.2) is 0 Å². The number of carbonyl (C=O) groups excluding carboxylic acids is 2. The van der Waals surface area contributed by atoms with E-state index in [1.165, 1.54) is 0 Å². The Labute approximate surface area is 135 Å². The Kier molecular flexibility index (Phi) is 5.73. The maximum atomic E-state index is 12.3. The number of nitrogens with zero attached hydrogens (tertiary/aromatic N) is 3. The lowest BCUT2D eigenvalue weighted by atomic mass is 10.2. The molecule has 0 spiro atoms. The maximum absolute atomic E-state index is 12.3. The molecule has 1 aromatic rings. The fraction of sp³-hybridized carbons (Fsp3) is 0.667. The Balaban J connectivity index is 1.90. The van der Waals surface area contributed by atoms with E-state index >= 15 is 0 Å². The van der Waals surface area contributed by atoms with E-state index in [4.69, 9.17) is 9.47 Å². The number of hydrogen-bond donors (Lipinski definition) is 1. The monoisotopic (exact) mass is 324 g/mol. The highest BCUT2D eigenvalue weighted by Gasteiger charge is 2.27. The molecule has 0 radical (unpaired) electrons.